The van der Waals surface area contributed by atoms with E-state index in [-0.39, 0.29) is 37.6 Å². The molecule has 3 fully saturated rings. The van der Waals surface area contributed by atoms with E-state index in [1.54, 1.807) is 6.07 Å². The molecule has 2 aromatic carbocycles. The SMILES string of the molecule is O=C1N[C@]2(C(=O)NS(=O)(=O)C3CC3)C[C@H]2/C=C\CCCCCCC(=O)N2C[C@H](Oc3cc(-c4ccccc4)nc4c3oc3ccc(F)cc34)C[C@@H]12. The first-order chi connectivity index (χ1) is 24.6. The molecule has 8 rings (SSSR count). The number of amides is 3. The summed E-state index contributed by atoms with van der Waals surface area (Å²) in [6.07, 6.45) is 9.04. The second-order valence-corrected chi connectivity index (χ2v) is 16.1. The highest BCUT2D eigenvalue weighted by Crippen LogP contribution is 2.46. The van der Waals surface area contributed by atoms with Crippen molar-refractivity contribution in [2.24, 2.45) is 5.92 Å². The van der Waals surface area contributed by atoms with Crippen molar-refractivity contribution in [3.63, 3.8) is 0 Å². The van der Waals surface area contributed by atoms with E-state index < -0.39 is 50.6 Å². The number of allylic oxidation sites excluding steroid dienone is 1. The number of furan rings is 1. The van der Waals surface area contributed by atoms with Gasteiger partial charge in [-0.3, -0.25) is 19.1 Å². The Morgan fingerprint density at radius 1 is 1.06 bits per heavy atom. The maximum Gasteiger partial charge on any atom is 0.259 e. The van der Waals surface area contributed by atoms with E-state index >= 15 is 0 Å². The summed E-state index contributed by atoms with van der Waals surface area (Å²) < 4.78 is 54.8. The maximum absolute atomic E-state index is 14.4. The molecule has 4 heterocycles. The molecule has 2 saturated carbocycles. The molecule has 11 nitrogen and oxygen atoms in total. The molecule has 266 valence electrons. The van der Waals surface area contributed by atoms with Gasteiger partial charge in [-0.2, -0.15) is 0 Å². The zero-order chi connectivity index (χ0) is 35.3. The molecule has 4 aliphatic rings. The van der Waals surface area contributed by atoms with E-state index in [1.165, 1.54) is 23.1 Å². The third-order valence-corrected chi connectivity index (χ3v) is 12.3. The lowest BCUT2D eigenvalue weighted by Crippen LogP contribution is -2.56. The Hall–Kier alpha value is -4.78. The molecule has 1 saturated heterocycles. The van der Waals surface area contributed by atoms with Crippen molar-refractivity contribution in [3.8, 4) is 17.0 Å². The predicted molar refractivity (Wildman–Crippen MR) is 187 cm³/mol. The number of aromatic nitrogens is 1. The first-order valence-corrected chi connectivity index (χ1v) is 19.2. The fourth-order valence-corrected chi connectivity index (χ4v) is 8.74. The van der Waals surface area contributed by atoms with E-state index in [0.29, 0.717) is 52.8 Å². The van der Waals surface area contributed by atoms with Crippen LogP contribution in [0.4, 0.5) is 4.39 Å². The molecule has 13 heteroatoms. The number of fused-ring (bicyclic) bond motifs is 5. The van der Waals surface area contributed by atoms with Gasteiger partial charge in [0.05, 0.1) is 17.5 Å². The number of carbonyl (C=O) groups is 3. The Morgan fingerprint density at radius 3 is 2.67 bits per heavy atom. The average molecular weight is 715 g/mol. The molecule has 4 atom stereocenters. The Labute approximate surface area is 294 Å². The molecule has 2 N–H and O–H groups in total. The van der Waals surface area contributed by atoms with E-state index in [2.05, 4.69) is 10.0 Å². The lowest BCUT2D eigenvalue weighted by molar-refractivity contribution is -0.139. The zero-order valence-corrected chi connectivity index (χ0v) is 28.8. The van der Waals surface area contributed by atoms with Gasteiger partial charge < -0.3 is 19.4 Å². The molecule has 51 heavy (non-hydrogen) atoms. The second-order valence-electron chi connectivity index (χ2n) is 14.2. The van der Waals surface area contributed by atoms with Crippen LogP contribution in [-0.4, -0.2) is 65.5 Å². The predicted octanol–water partition coefficient (Wildman–Crippen LogP) is 5.53. The third-order valence-electron chi connectivity index (χ3n) is 10.4. The van der Waals surface area contributed by atoms with Crippen molar-refractivity contribution in [1.29, 1.82) is 0 Å². The Bertz CT molecular complexity index is 2170. The van der Waals surface area contributed by atoms with Gasteiger partial charge in [0.1, 0.15) is 34.6 Å². The first-order valence-electron chi connectivity index (χ1n) is 17.7. The Balaban J connectivity index is 1.11. The van der Waals surface area contributed by atoms with Crippen LogP contribution in [0.2, 0.25) is 0 Å². The molecule has 0 spiro atoms. The number of nitrogens with one attached hydrogen (secondary N) is 2. The molecule has 0 radical (unpaired) electrons. The summed E-state index contributed by atoms with van der Waals surface area (Å²) in [5.41, 5.74) is 1.12. The van der Waals surface area contributed by atoms with Gasteiger partial charge in [-0.05, 0) is 56.7 Å². The number of ether oxygens (including phenoxy) is 1. The number of hydrogen-bond acceptors (Lipinski definition) is 8. The molecule has 2 aromatic heterocycles. The fraction of sp³-hybridized carbons (Fsp3) is 0.421. The normalized spacial score (nSPS) is 26.5. The Kier molecular flexibility index (Phi) is 8.56. The highest BCUT2D eigenvalue weighted by atomic mass is 32.2. The van der Waals surface area contributed by atoms with E-state index in [1.807, 2.05) is 42.5 Å². The number of benzene rings is 2. The second kappa shape index (κ2) is 13.1. The van der Waals surface area contributed by atoms with Crippen molar-refractivity contribution in [2.75, 3.05) is 6.54 Å². The van der Waals surface area contributed by atoms with Crippen LogP contribution in [0.15, 0.2) is 71.2 Å². The lowest BCUT2D eigenvalue weighted by atomic mass is 10.1. The molecule has 3 amide bonds. The number of nitrogens with zero attached hydrogens (tertiary/aromatic N) is 2. The van der Waals surface area contributed by atoms with Gasteiger partial charge in [0.25, 0.3) is 5.91 Å². The minimum absolute atomic E-state index is 0.106. The van der Waals surface area contributed by atoms with Gasteiger partial charge in [0.2, 0.25) is 21.8 Å². The zero-order valence-electron chi connectivity index (χ0n) is 28.0. The van der Waals surface area contributed by atoms with Gasteiger partial charge in [-0.25, -0.2) is 17.8 Å². The van der Waals surface area contributed by atoms with Crippen LogP contribution in [-0.2, 0) is 24.4 Å². The summed E-state index contributed by atoms with van der Waals surface area (Å²) in [5, 5.41) is 2.79. The van der Waals surface area contributed by atoms with Crippen LogP contribution >= 0.6 is 0 Å². The molecule has 4 aromatic rings. The van der Waals surface area contributed by atoms with Gasteiger partial charge in [-0.1, -0.05) is 55.3 Å². The van der Waals surface area contributed by atoms with Crippen LogP contribution < -0.4 is 14.8 Å². The summed E-state index contributed by atoms with van der Waals surface area (Å²) in [5.74, 6) is -1.96. The van der Waals surface area contributed by atoms with Gasteiger partial charge >= 0.3 is 0 Å². The van der Waals surface area contributed by atoms with Crippen LogP contribution in [0.1, 0.15) is 64.2 Å². The van der Waals surface area contributed by atoms with Crippen LogP contribution in [0, 0.1) is 11.7 Å². The van der Waals surface area contributed by atoms with E-state index in [4.69, 9.17) is 14.1 Å². The topological polar surface area (TPSA) is 148 Å². The van der Waals surface area contributed by atoms with Crippen LogP contribution in [0.3, 0.4) is 0 Å². The number of carbonyl (C=O) groups excluding carboxylic acids is 3. The monoisotopic (exact) mass is 714 g/mol. The number of sulfonamides is 1. The smallest absolute Gasteiger partial charge is 0.259 e. The summed E-state index contributed by atoms with van der Waals surface area (Å²) >= 11 is 0. The number of hydrogen-bond donors (Lipinski definition) is 2. The summed E-state index contributed by atoms with van der Waals surface area (Å²) in [6, 6.07) is 14.5. The molecule has 2 aliphatic heterocycles. The number of pyridine rings is 1. The highest BCUT2D eigenvalue weighted by Gasteiger charge is 2.62. The molecular weight excluding hydrogens is 676 g/mol. The minimum Gasteiger partial charge on any atom is -0.484 e. The van der Waals surface area contributed by atoms with Crippen molar-refractivity contribution in [1.82, 2.24) is 19.9 Å². The summed E-state index contributed by atoms with van der Waals surface area (Å²) in [7, 11) is -3.85. The van der Waals surface area contributed by atoms with Crippen molar-refractivity contribution >= 4 is 49.8 Å². The van der Waals surface area contributed by atoms with Crippen molar-refractivity contribution in [3.05, 3.63) is 72.6 Å². The highest BCUT2D eigenvalue weighted by molar-refractivity contribution is 7.91. The van der Waals surface area contributed by atoms with Crippen LogP contribution in [0.5, 0.6) is 5.75 Å². The fourth-order valence-electron chi connectivity index (χ4n) is 7.37. The van der Waals surface area contributed by atoms with Crippen molar-refractivity contribution in [2.45, 2.75) is 87.1 Å². The lowest BCUT2D eigenvalue weighted by Gasteiger charge is -2.26. The average Bonchev–Trinajstić information content (AvgIpc) is 4.01. The third kappa shape index (κ3) is 6.59. The van der Waals surface area contributed by atoms with E-state index in [9.17, 15) is 27.2 Å². The number of rotatable bonds is 6. The summed E-state index contributed by atoms with van der Waals surface area (Å²) in [6.45, 7) is 0.106. The van der Waals surface area contributed by atoms with Crippen LogP contribution in [0.25, 0.3) is 33.3 Å². The maximum atomic E-state index is 14.4. The first kappa shape index (κ1) is 33.4. The Morgan fingerprint density at radius 2 is 1.86 bits per heavy atom. The minimum atomic E-state index is -3.85. The standard InChI is InChI=1S/C38H39FN4O7S/c39-25-14-17-31-28(18-25)34-35(50-31)32(20-29(40-34)23-10-6-5-7-11-23)49-26-19-30-36(45)41-38(37(46)42-51(47,48)27-15-16-27)21-24(38)12-8-3-1-2-4-9-13-33(44)43(30)22-26/h5-8,10-12,14,17-18,20,24,26-27,30H,1-4,9,13,15-16,19,21-22H2,(H,41,45)(H,42,46)/b12-8-/t24-,26-,30+,38-/m1/s1. The number of halogens is 1. The summed E-state index contributed by atoms with van der Waals surface area (Å²) in [4.78, 5) is 47.8. The van der Waals surface area contributed by atoms with Crippen molar-refractivity contribution < 1.29 is 36.3 Å². The van der Waals surface area contributed by atoms with Gasteiger partial charge in [0.15, 0.2) is 11.3 Å². The van der Waals surface area contributed by atoms with Gasteiger partial charge in [-0.15, -0.1) is 0 Å². The quantitative estimate of drug-likeness (QED) is 0.248. The molecular formula is C38H39FN4O7S. The molecule has 0 unspecified atom stereocenters. The molecule has 2 aliphatic carbocycles. The van der Waals surface area contributed by atoms with E-state index in [0.717, 1.165) is 31.2 Å². The molecule has 0 bridgehead atoms. The van der Waals surface area contributed by atoms with Gasteiger partial charge in [0, 0.05) is 35.8 Å². The largest absolute Gasteiger partial charge is 0.484 e.